The summed E-state index contributed by atoms with van der Waals surface area (Å²) in [6.45, 7) is 4.16. The van der Waals surface area contributed by atoms with Gasteiger partial charge in [0.05, 0.1) is 0 Å². The van der Waals surface area contributed by atoms with Crippen LogP contribution in [0.15, 0.2) is 29.4 Å². The minimum absolute atomic E-state index is 0.109. The lowest BCUT2D eigenvalue weighted by molar-refractivity contribution is 0.104. The van der Waals surface area contributed by atoms with Crippen LogP contribution in [0.2, 0.25) is 0 Å². The van der Waals surface area contributed by atoms with E-state index in [-0.39, 0.29) is 11.6 Å². The Morgan fingerprint density at radius 1 is 1.38 bits per heavy atom. The van der Waals surface area contributed by atoms with Crippen LogP contribution >= 0.6 is 0 Å². The molecule has 16 heavy (non-hydrogen) atoms. The first-order valence-electron chi connectivity index (χ1n) is 5.28. The number of carbonyl (C=O) groups excluding carboxylic acids is 1. The summed E-state index contributed by atoms with van der Waals surface area (Å²) in [4.78, 5) is 16.6. The third-order valence-corrected chi connectivity index (χ3v) is 2.17. The summed E-state index contributed by atoms with van der Waals surface area (Å²) in [5.41, 5.74) is 7.08. The van der Waals surface area contributed by atoms with Gasteiger partial charge in [-0.1, -0.05) is 36.3 Å². The molecule has 0 bridgehead atoms. The summed E-state index contributed by atoms with van der Waals surface area (Å²) in [5.74, 6) is -0.395. The second-order valence-electron chi connectivity index (χ2n) is 3.23. The minimum atomic E-state index is -0.286. The van der Waals surface area contributed by atoms with Gasteiger partial charge in [-0.2, -0.15) is 0 Å². The quantitative estimate of drug-likeness (QED) is 0.356. The zero-order valence-electron chi connectivity index (χ0n) is 9.56. The van der Waals surface area contributed by atoms with Gasteiger partial charge in [0.25, 0.3) is 0 Å². The van der Waals surface area contributed by atoms with E-state index < -0.39 is 0 Å². The van der Waals surface area contributed by atoms with Crippen LogP contribution in [-0.2, 0) is 11.3 Å². The summed E-state index contributed by atoms with van der Waals surface area (Å²) in [6.07, 6.45) is 0.782. The zero-order valence-corrected chi connectivity index (χ0v) is 9.56. The fourth-order valence-electron chi connectivity index (χ4n) is 1.36. The van der Waals surface area contributed by atoms with Crippen molar-refractivity contribution in [1.82, 2.24) is 0 Å². The second kappa shape index (κ2) is 5.90. The van der Waals surface area contributed by atoms with Crippen LogP contribution in [0.5, 0.6) is 0 Å². The number of benzene rings is 1. The highest BCUT2D eigenvalue weighted by molar-refractivity contribution is 6.44. The first-order valence-corrected chi connectivity index (χ1v) is 5.28. The molecule has 1 aromatic carbocycles. The molecular formula is C12H16N2O2. The molecule has 0 aliphatic heterocycles. The highest BCUT2D eigenvalue weighted by Crippen LogP contribution is 2.10. The fourth-order valence-corrected chi connectivity index (χ4v) is 1.36. The topological polar surface area (TPSA) is 64.7 Å². The first kappa shape index (κ1) is 12.2. The van der Waals surface area contributed by atoms with Crippen LogP contribution in [0.25, 0.3) is 0 Å². The Balaban J connectivity index is 2.96. The number of aryl methyl sites for hydroxylation is 1. The normalized spacial score (nSPS) is 11.2. The molecule has 2 N–H and O–H groups in total. The van der Waals surface area contributed by atoms with Crippen LogP contribution in [0.4, 0.5) is 0 Å². The number of nitrogens with two attached hydrogens (primary N) is 1. The number of hydrogen-bond acceptors (Lipinski definition) is 3. The minimum Gasteiger partial charge on any atom is -0.394 e. The molecule has 0 spiro atoms. The lowest BCUT2D eigenvalue weighted by atomic mass is 10.0. The molecule has 0 saturated heterocycles. The second-order valence-corrected chi connectivity index (χ2v) is 3.23. The smallest absolute Gasteiger partial charge is 0.231 e. The third-order valence-electron chi connectivity index (χ3n) is 2.17. The van der Waals surface area contributed by atoms with E-state index in [1.54, 1.807) is 19.1 Å². The summed E-state index contributed by atoms with van der Waals surface area (Å²) >= 11 is 0. The van der Waals surface area contributed by atoms with Crippen molar-refractivity contribution in [3.05, 3.63) is 35.4 Å². The van der Waals surface area contributed by atoms with Crippen LogP contribution in [0.3, 0.4) is 0 Å². The lowest BCUT2D eigenvalue weighted by Gasteiger charge is -2.05. The van der Waals surface area contributed by atoms with Gasteiger partial charge in [-0.05, 0) is 18.9 Å². The Kier molecular flexibility index (Phi) is 4.51. The van der Waals surface area contributed by atoms with E-state index in [2.05, 4.69) is 5.16 Å². The zero-order chi connectivity index (χ0) is 12.0. The average molecular weight is 220 g/mol. The van der Waals surface area contributed by atoms with Gasteiger partial charge in [-0.25, -0.2) is 0 Å². The van der Waals surface area contributed by atoms with Gasteiger partial charge in [0.1, 0.15) is 6.61 Å². The van der Waals surface area contributed by atoms with Crippen molar-refractivity contribution >= 4 is 11.6 Å². The molecule has 4 heteroatoms. The SMILES string of the molecule is CCON=C(N)C(=O)c1ccccc1CC. The van der Waals surface area contributed by atoms with Crippen molar-refractivity contribution in [2.75, 3.05) is 6.61 Å². The van der Waals surface area contributed by atoms with E-state index in [0.29, 0.717) is 12.2 Å². The molecule has 0 saturated carbocycles. The maximum absolute atomic E-state index is 11.9. The maximum atomic E-state index is 11.9. The van der Waals surface area contributed by atoms with Crippen molar-refractivity contribution in [2.45, 2.75) is 20.3 Å². The van der Waals surface area contributed by atoms with E-state index in [1.807, 2.05) is 19.1 Å². The van der Waals surface area contributed by atoms with Gasteiger partial charge in [0, 0.05) is 5.56 Å². The molecule has 0 unspecified atom stereocenters. The van der Waals surface area contributed by atoms with Gasteiger partial charge in [-0.15, -0.1) is 0 Å². The average Bonchev–Trinajstić information content (AvgIpc) is 2.34. The first-order chi connectivity index (χ1) is 7.70. The Morgan fingerprint density at radius 2 is 2.06 bits per heavy atom. The van der Waals surface area contributed by atoms with Crippen LogP contribution in [0, 0.1) is 0 Å². The van der Waals surface area contributed by atoms with E-state index >= 15 is 0 Å². The van der Waals surface area contributed by atoms with Crippen LogP contribution in [-0.4, -0.2) is 18.2 Å². The molecule has 1 aromatic rings. The summed E-state index contributed by atoms with van der Waals surface area (Å²) in [5, 5.41) is 3.54. The van der Waals surface area contributed by atoms with Crippen LogP contribution < -0.4 is 5.73 Å². The summed E-state index contributed by atoms with van der Waals surface area (Å²) in [6, 6.07) is 7.35. The number of carbonyl (C=O) groups is 1. The summed E-state index contributed by atoms with van der Waals surface area (Å²) in [7, 11) is 0. The highest BCUT2D eigenvalue weighted by Gasteiger charge is 2.14. The molecule has 0 radical (unpaired) electrons. The maximum Gasteiger partial charge on any atom is 0.231 e. The Hall–Kier alpha value is -1.84. The van der Waals surface area contributed by atoms with Gasteiger partial charge < -0.3 is 10.6 Å². The van der Waals surface area contributed by atoms with Crippen LogP contribution in [0.1, 0.15) is 29.8 Å². The Labute approximate surface area is 95.1 Å². The van der Waals surface area contributed by atoms with E-state index in [0.717, 1.165) is 12.0 Å². The molecule has 0 heterocycles. The predicted octanol–water partition coefficient (Wildman–Crippen LogP) is 1.74. The molecule has 4 nitrogen and oxygen atoms in total. The molecular weight excluding hydrogens is 204 g/mol. The van der Waals surface area contributed by atoms with E-state index in [4.69, 9.17) is 10.6 Å². The van der Waals surface area contributed by atoms with Crippen molar-refractivity contribution < 1.29 is 9.63 Å². The summed E-state index contributed by atoms with van der Waals surface area (Å²) < 4.78 is 0. The van der Waals surface area contributed by atoms with E-state index in [1.165, 1.54) is 0 Å². The molecule has 0 aliphatic rings. The largest absolute Gasteiger partial charge is 0.394 e. The van der Waals surface area contributed by atoms with Gasteiger partial charge in [0.2, 0.25) is 11.6 Å². The molecule has 0 aliphatic carbocycles. The molecule has 1 rings (SSSR count). The monoisotopic (exact) mass is 220 g/mol. The number of Topliss-reactive ketones (excluding diaryl/α,β-unsaturated/α-hetero) is 1. The number of nitrogens with zero attached hydrogens (tertiary/aromatic N) is 1. The number of hydrogen-bond donors (Lipinski definition) is 1. The number of oxime groups is 1. The molecule has 0 amide bonds. The van der Waals surface area contributed by atoms with E-state index in [9.17, 15) is 4.79 Å². The van der Waals surface area contributed by atoms with Crippen molar-refractivity contribution in [1.29, 1.82) is 0 Å². The number of rotatable bonds is 5. The van der Waals surface area contributed by atoms with Gasteiger partial charge in [0.15, 0.2) is 0 Å². The van der Waals surface area contributed by atoms with Crippen molar-refractivity contribution in [3.63, 3.8) is 0 Å². The van der Waals surface area contributed by atoms with Gasteiger partial charge in [-0.3, -0.25) is 4.79 Å². The Bertz CT molecular complexity index is 400. The van der Waals surface area contributed by atoms with Crippen molar-refractivity contribution in [3.8, 4) is 0 Å². The number of ketones is 1. The molecule has 0 fully saturated rings. The molecule has 0 atom stereocenters. The van der Waals surface area contributed by atoms with Crippen molar-refractivity contribution in [2.24, 2.45) is 10.9 Å². The standard InChI is InChI=1S/C12H16N2O2/c1-3-9-7-5-6-8-10(9)11(15)12(13)14-16-4-2/h5-8H,3-4H2,1-2H3,(H2,13,14). The fraction of sp³-hybridized carbons (Fsp3) is 0.333. The number of amidine groups is 1. The predicted molar refractivity (Wildman–Crippen MR) is 63.4 cm³/mol. The Morgan fingerprint density at radius 3 is 2.69 bits per heavy atom. The third kappa shape index (κ3) is 2.82. The highest BCUT2D eigenvalue weighted by atomic mass is 16.6. The molecule has 86 valence electrons. The lowest BCUT2D eigenvalue weighted by Crippen LogP contribution is -2.25. The van der Waals surface area contributed by atoms with Gasteiger partial charge >= 0.3 is 0 Å². The molecule has 0 aromatic heterocycles.